The second kappa shape index (κ2) is 6.99. The Labute approximate surface area is 139 Å². The molecule has 23 heavy (non-hydrogen) atoms. The van der Waals surface area contributed by atoms with E-state index in [9.17, 15) is 0 Å². The molecule has 0 unspecified atom stereocenters. The van der Waals surface area contributed by atoms with Crippen molar-refractivity contribution in [3.63, 3.8) is 0 Å². The Morgan fingerprint density at radius 2 is 1.78 bits per heavy atom. The third-order valence-electron chi connectivity index (χ3n) is 4.31. The van der Waals surface area contributed by atoms with Crippen LogP contribution >= 0.6 is 0 Å². The minimum absolute atomic E-state index is 0.315. The lowest BCUT2D eigenvalue weighted by atomic mass is 9.99. The number of hydrogen-bond acceptors (Lipinski definition) is 4. The summed E-state index contributed by atoms with van der Waals surface area (Å²) in [5.74, 6) is 2.57. The SMILES string of the molecule is CC1CCN(c2cc(-c3ccccc3)nc(NC(C)C)n2)CC1. The van der Waals surface area contributed by atoms with E-state index in [0.29, 0.717) is 6.04 Å². The van der Waals surface area contributed by atoms with Crippen molar-refractivity contribution in [2.75, 3.05) is 23.3 Å². The molecule has 1 saturated heterocycles. The summed E-state index contributed by atoms with van der Waals surface area (Å²) in [5.41, 5.74) is 2.12. The van der Waals surface area contributed by atoms with Crippen LogP contribution in [0.1, 0.15) is 33.6 Å². The number of nitrogens with zero attached hydrogens (tertiary/aromatic N) is 3. The predicted octanol–water partition coefficient (Wildman–Crippen LogP) is 4.20. The number of aromatic nitrogens is 2. The van der Waals surface area contributed by atoms with Gasteiger partial charge in [0.15, 0.2) is 0 Å². The monoisotopic (exact) mass is 310 g/mol. The van der Waals surface area contributed by atoms with Crippen LogP contribution in [0.3, 0.4) is 0 Å². The predicted molar refractivity (Wildman–Crippen MR) is 96.8 cm³/mol. The van der Waals surface area contributed by atoms with Crippen LogP contribution in [0, 0.1) is 5.92 Å². The van der Waals surface area contributed by atoms with Gasteiger partial charge in [0.1, 0.15) is 5.82 Å². The van der Waals surface area contributed by atoms with Gasteiger partial charge in [-0.2, -0.15) is 4.98 Å². The van der Waals surface area contributed by atoms with Crippen molar-refractivity contribution in [3.8, 4) is 11.3 Å². The normalized spacial score (nSPS) is 15.9. The van der Waals surface area contributed by atoms with Crippen LogP contribution in [0.15, 0.2) is 36.4 Å². The van der Waals surface area contributed by atoms with Gasteiger partial charge in [-0.25, -0.2) is 4.98 Å². The number of hydrogen-bond donors (Lipinski definition) is 1. The van der Waals surface area contributed by atoms with Gasteiger partial charge >= 0.3 is 0 Å². The summed E-state index contributed by atoms with van der Waals surface area (Å²) in [6, 6.07) is 12.8. The Morgan fingerprint density at radius 1 is 1.09 bits per heavy atom. The lowest BCUT2D eigenvalue weighted by molar-refractivity contribution is 0.436. The summed E-state index contributed by atoms with van der Waals surface area (Å²) < 4.78 is 0. The smallest absolute Gasteiger partial charge is 0.225 e. The zero-order valence-electron chi connectivity index (χ0n) is 14.3. The van der Waals surface area contributed by atoms with Crippen molar-refractivity contribution < 1.29 is 0 Å². The first-order valence-corrected chi connectivity index (χ1v) is 8.58. The number of anilines is 2. The van der Waals surface area contributed by atoms with Crippen LogP contribution < -0.4 is 10.2 Å². The number of rotatable bonds is 4. The quantitative estimate of drug-likeness (QED) is 0.919. The molecule has 0 radical (unpaired) electrons. The second-order valence-corrected chi connectivity index (χ2v) is 6.77. The van der Waals surface area contributed by atoms with Gasteiger partial charge < -0.3 is 10.2 Å². The lowest BCUT2D eigenvalue weighted by Gasteiger charge is -2.31. The van der Waals surface area contributed by atoms with E-state index in [1.807, 2.05) is 6.07 Å². The molecule has 0 aliphatic carbocycles. The van der Waals surface area contributed by atoms with E-state index < -0.39 is 0 Å². The number of benzene rings is 1. The fourth-order valence-electron chi connectivity index (χ4n) is 2.91. The Hall–Kier alpha value is -2.10. The Kier molecular flexibility index (Phi) is 4.79. The van der Waals surface area contributed by atoms with Crippen LogP contribution in [-0.2, 0) is 0 Å². The minimum atomic E-state index is 0.315. The molecule has 2 heterocycles. The summed E-state index contributed by atoms with van der Waals surface area (Å²) >= 11 is 0. The van der Waals surface area contributed by atoms with E-state index in [4.69, 9.17) is 9.97 Å². The van der Waals surface area contributed by atoms with Gasteiger partial charge in [0.25, 0.3) is 0 Å². The molecule has 1 N–H and O–H groups in total. The highest BCUT2D eigenvalue weighted by Gasteiger charge is 2.19. The van der Waals surface area contributed by atoms with Gasteiger partial charge in [0, 0.05) is 30.8 Å². The zero-order valence-corrected chi connectivity index (χ0v) is 14.3. The molecular weight excluding hydrogens is 284 g/mol. The van der Waals surface area contributed by atoms with Crippen LogP contribution in [0.2, 0.25) is 0 Å². The van der Waals surface area contributed by atoms with Crippen molar-refractivity contribution in [2.45, 2.75) is 39.7 Å². The molecule has 0 bridgehead atoms. The summed E-state index contributed by atoms with van der Waals surface area (Å²) in [6.07, 6.45) is 2.47. The minimum Gasteiger partial charge on any atom is -0.356 e. The van der Waals surface area contributed by atoms with Crippen molar-refractivity contribution in [1.82, 2.24) is 9.97 Å². The van der Waals surface area contributed by atoms with Gasteiger partial charge in [-0.15, -0.1) is 0 Å². The lowest BCUT2D eigenvalue weighted by Crippen LogP contribution is -2.33. The molecule has 2 aromatic rings. The molecule has 0 saturated carbocycles. The molecule has 122 valence electrons. The highest BCUT2D eigenvalue weighted by atomic mass is 15.2. The molecule has 0 amide bonds. The topological polar surface area (TPSA) is 41.1 Å². The Morgan fingerprint density at radius 3 is 2.43 bits per heavy atom. The van der Waals surface area contributed by atoms with E-state index in [0.717, 1.165) is 42.0 Å². The molecule has 1 aliphatic heterocycles. The second-order valence-electron chi connectivity index (χ2n) is 6.77. The first-order valence-electron chi connectivity index (χ1n) is 8.58. The van der Waals surface area contributed by atoms with Crippen LogP contribution in [0.5, 0.6) is 0 Å². The standard InChI is InChI=1S/C19H26N4/c1-14(2)20-19-21-17(16-7-5-4-6-8-16)13-18(22-19)23-11-9-15(3)10-12-23/h4-8,13-15H,9-12H2,1-3H3,(H,20,21,22). The van der Waals surface area contributed by atoms with E-state index >= 15 is 0 Å². The first-order chi connectivity index (χ1) is 11.1. The van der Waals surface area contributed by atoms with Gasteiger partial charge in [-0.1, -0.05) is 37.3 Å². The van der Waals surface area contributed by atoms with Crippen molar-refractivity contribution in [1.29, 1.82) is 0 Å². The van der Waals surface area contributed by atoms with Gasteiger partial charge in [0.2, 0.25) is 5.95 Å². The molecule has 0 atom stereocenters. The molecule has 4 heteroatoms. The highest BCUT2D eigenvalue weighted by molar-refractivity contribution is 5.64. The fourth-order valence-corrected chi connectivity index (χ4v) is 2.91. The highest BCUT2D eigenvalue weighted by Crippen LogP contribution is 2.26. The van der Waals surface area contributed by atoms with Crippen LogP contribution in [-0.4, -0.2) is 29.1 Å². The maximum atomic E-state index is 4.75. The fraction of sp³-hybridized carbons (Fsp3) is 0.474. The molecule has 1 aromatic heterocycles. The van der Waals surface area contributed by atoms with Crippen LogP contribution in [0.25, 0.3) is 11.3 Å². The van der Waals surface area contributed by atoms with E-state index in [2.05, 4.69) is 61.3 Å². The summed E-state index contributed by atoms with van der Waals surface area (Å²) in [7, 11) is 0. The maximum Gasteiger partial charge on any atom is 0.225 e. The van der Waals surface area contributed by atoms with Crippen molar-refractivity contribution >= 4 is 11.8 Å². The summed E-state index contributed by atoms with van der Waals surface area (Å²) in [4.78, 5) is 11.8. The van der Waals surface area contributed by atoms with Crippen molar-refractivity contribution in [3.05, 3.63) is 36.4 Å². The maximum absolute atomic E-state index is 4.75. The molecule has 0 spiro atoms. The Balaban J connectivity index is 1.94. The molecule has 1 aliphatic rings. The van der Waals surface area contributed by atoms with Gasteiger partial charge in [0.05, 0.1) is 5.69 Å². The van der Waals surface area contributed by atoms with E-state index in [-0.39, 0.29) is 0 Å². The zero-order chi connectivity index (χ0) is 16.2. The van der Waals surface area contributed by atoms with Gasteiger partial charge in [-0.05, 0) is 32.6 Å². The first kappa shape index (κ1) is 15.8. The largest absolute Gasteiger partial charge is 0.356 e. The number of nitrogens with one attached hydrogen (secondary N) is 1. The molecule has 3 rings (SSSR count). The molecule has 4 nitrogen and oxygen atoms in total. The third kappa shape index (κ3) is 4.01. The van der Waals surface area contributed by atoms with E-state index in [1.165, 1.54) is 12.8 Å². The van der Waals surface area contributed by atoms with Gasteiger partial charge in [-0.3, -0.25) is 0 Å². The summed E-state index contributed by atoms with van der Waals surface area (Å²) in [5, 5.41) is 3.35. The molecule has 1 fully saturated rings. The summed E-state index contributed by atoms with van der Waals surface area (Å²) in [6.45, 7) is 8.71. The third-order valence-corrected chi connectivity index (χ3v) is 4.31. The Bertz CT molecular complexity index is 631. The van der Waals surface area contributed by atoms with Crippen LogP contribution in [0.4, 0.5) is 11.8 Å². The average Bonchev–Trinajstić information content (AvgIpc) is 2.55. The number of piperidine rings is 1. The molecular formula is C19H26N4. The molecule has 1 aromatic carbocycles. The van der Waals surface area contributed by atoms with Crippen molar-refractivity contribution in [2.24, 2.45) is 5.92 Å². The van der Waals surface area contributed by atoms with E-state index in [1.54, 1.807) is 0 Å². The average molecular weight is 310 g/mol.